The molecule has 1 saturated heterocycles. The first-order valence-corrected chi connectivity index (χ1v) is 11.2. The van der Waals surface area contributed by atoms with Gasteiger partial charge in [-0.25, -0.2) is 8.42 Å². The minimum absolute atomic E-state index is 0.0553. The molecule has 1 fully saturated rings. The van der Waals surface area contributed by atoms with Crippen LogP contribution in [-0.4, -0.2) is 50.7 Å². The van der Waals surface area contributed by atoms with Crippen molar-refractivity contribution in [1.82, 2.24) is 4.90 Å². The van der Waals surface area contributed by atoms with Gasteiger partial charge in [-0.15, -0.1) is 0 Å². The van der Waals surface area contributed by atoms with Gasteiger partial charge in [0.1, 0.15) is 0 Å². The fourth-order valence-electron chi connectivity index (χ4n) is 2.81. The van der Waals surface area contributed by atoms with Crippen LogP contribution >= 0.6 is 15.9 Å². The first-order chi connectivity index (χ1) is 13.0. The number of morpholine rings is 1. The van der Waals surface area contributed by atoms with Gasteiger partial charge < -0.3 is 4.74 Å². The molecule has 1 N–H and O–H groups in total. The van der Waals surface area contributed by atoms with Crippen molar-refractivity contribution in [3.05, 3.63) is 59.7 Å². The fourth-order valence-corrected chi connectivity index (χ4v) is 4.19. The minimum Gasteiger partial charge on any atom is -0.379 e. The zero-order valence-electron chi connectivity index (χ0n) is 14.7. The van der Waals surface area contributed by atoms with Crippen LogP contribution in [0, 0.1) is 0 Å². The molecule has 8 heteroatoms. The van der Waals surface area contributed by atoms with Gasteiger partial charge in [0, 0.05) is 30.9 Å². The number of alkyl halides is 1. The molecular weight excluding hydrogens is 432 g/mol. The molecule has 0 saturated carbocycles. The standard InChI is InChI=1S/C19H21BrN2O4S/c20-13-19(23)16-3-5-17(6-4-16)21-27(24,25)18-7-1-15(2-8-18)14-22-9-11-26-12-10-22/h1-8,21H,9-14H2. The maximum absolute atomic E-state index is 12.6. The molecule has 0 atom stereocenters. The Morgan fingerprint density at radius 3 is 2.26 bits per heavy atom. The Bertz CT molecular complexity index is 877. The van der Waals surface area contributed by atoms with E-state index in [2.05, 4.69) is 25.6 Å². The maximum atomic E-state index is 12.6. The molecule has 0 spiro atoms. The molecule has 6 nitrogen and oxygen atoms in total. The third-order valence-corrected chi connectivity index (χ3v) is 6.23. The molecule has 1 aliphatic rings. The van der Waals surface area contributed by atoms with Crippen LogP contribution < -0.4 is 4.72 Å². The molecule has 0 aliphatic carbocycles. The lowest BCUT2D eigenvalue weighted by atomic mass is 10.1. The van der Waals surface area contributed by atoms with E-state index in [4.69, 9.17) is 4.74 Å². The molecule has 3 rings (SSSR count). The van der Waals surface area contributed by atoms with Gasteiger partial charge in [0.2, 0.25) is 0 Å². The van der Waals surface area contributed by atoms with E-state index in [1.165, 1.54) is 0 Å². The number of Topliss-reactive ketones (excluding diaryl/α,β-unsaturated/α-hetero) is 1. The van der Waals surface area contributed by atoms with Gasteiger partial charge in [0.25, 0.3) is 10.0 Å². The molecule has 0 bridgehead atoms. The molecular formula is C19H21BrN2O4S. The number of hydrogen-bond donors (Lipinski definition) is 1. The number of ketones is 1. The highest BCUT2D eigenvalue weighted by molar-refractivity contribution is 9.09. The van der Waals surface area contributed by atoms with E-state index in [1.807, 2.05) is 12.1 Å². The van der Waals surface area contributed by atoms with Crippen molar-refractivity contribution >= 4 is 37.4 Å². The average molecular weight is 453 g/mol. The molecule has 2 aromatic rings. The van der Waals surface area contributed by atoms with Crippen LogP contribution in [0.4, 0.5) is 5.69 Å². The molecule has 2 aromatic carbocycles. The molecule has 1 aliphatic heterocycles. The Hall–Kier alpha value is -1.74. The third kappa shape index (κ3) is 5.38. The highest BCUT2D eigenvalue weighted by Crippen LogP contribution is 2.18. The zero-order valence-corrected chi connectivity index (χ0v) is 17.1. The first kappa shape index (κ1) is 20.0. The van der Waals surface area contributed by atoms with E-state index >= 15 is 0 Å². The summed E-state index contributed by atoms with van der Waals surface area (Å²) in [6.07, 6.45) is 0. The Balaban J connectivity index is 1.66. The van der Waals surface area contributed by atoms with Crippen LogP contribution in [0.3, 0.4) is 0 Å². The van der Waals surface area contributed by atoms with Crippen molar-refractivity contribution in [1.29, 1.82) is 0 Å². The number of anilines is 1. The van der Waals surface area contributed by atoms with Gasteiger partial charge in [0.15, 0.2) is 5.78 Å². The summed E-state index contributed by atoms with van der Waals surface area (Å²) in [6, 6.07) is 13.3. The second-order valence-corrected chi connectivity index (χ2v) is 8.52. The molecule has 0 unspecified atom stereocenters. The number of nitrogens with one attached hydrogen (secondary N) is 1. The third-order valence-electron chi connectivity index (χ3n) is 4.32. The number of hydrogen-bond acceptors (Lipinski definition) is 5. The van der Waals surface area contributed by atoms with Gasteiger partial charge in [-0.05, 0) is 42.0 Å². The highest BCUT2D eigenvalue weighted by atomic mass is 79.9. The first-order valence-electron chi connectivity index (χ1n) is 8.59. The highest BCUT2D eigenvalue weighted by Gasteiger charge is 2.16. The lowest BCUT2D eigenvalue weighted by Gasteiger charge is -2.26. The number of halogens is 1. The zero-order chi connectivity index (χ0) is 19.3. The number of sulfonamides is 1. The van der Waals surface area contributed by atoms with Crippen molar-refractivity contribution < 1.29 is 17.9 Å². The van der Waals surface area contributed by atoms with Crippen LogP contribution in [0.25, 0.3) is 0 Å². The monoisotopic (exact) mass is 452 g/mol. The Labute approximate surface area is 167 Å². The van der Waals surface area contributed by atoms with Crippen LogP contribution in [0.1, 0.15) is 15.9 Å². The molecule has 27 heavy (non-hydrogen) atoms. The van der Waals surface area contributed by atoms with E-state index in [9.17, 15) is 13.2 Å². The maximum Gasteiger partial charge on any atom is 0.261 e. The molecule has 1 heterocycles. The van der Waals surface area contributed by atoms with E-state index in [0.29, 0.717) is 11.3 Å². The van der Waals surface area contributed by atoms with Crippen molar-refractivity contribution in [2.45, 2.75) is 11.4 Å². The fraction of sp³-hybridized carbons (Fsp3) is 0.316. The largest absolute Gasteiger partial charge is 0.379 e. The number of carbonyl (C=O) groups excluding carboxylic acids is 1. The van der Waals surface area contributed by atoms with Gasteiger partial charge >= 0.3 is 0 Å². The predicted octanol–water partition coefficient (Wildman–Crippen LogP) is 2.90. The minimum atomic E-state index is -3.68. The normalized spacial score (nSPS) is 15.4. The quantitative estimate of drug-likeness (QED) is 0.516. The SMILES string of the molecule is O=C(CBr)c1ccc(NS(=O)(=O)c2ccc(CN3CCOCC3)cc2)cc1. The topological polar surface area (TPSA) is 75.7 Å². The number of benzene rings is 2. The van der Waals surface area contributed by atoms with Crippen LogP contribution in [0.15, 0.2) is 53.4 Å². The average Bonchev–Trinajstić information content (AvgIpc) is 2.69. The lowest BCUT2D eigenvalue weighted by Crippen LogP contribution is -2.35. The summed E-state index contributed by atoms with van der Waals surface area (Å²) in [5.74, 6) is -0.0553. The number of carbonyl (C=O) groups is 1. The smallest absolute Gasteiger partial charge is 0.261 e. The molecule has 0 radical (unpaired) electrons. The molecule has 144 valence electrons. The summed E-state index contributed by atoms with van der Waals surface area (Å²) in [6.45, 7) is 4.01. The Morgan fingerprint density at radius 2 is 1.67 bits per heavy atom. The van der Waals surface area contributed by atoms with Gasteiger partial charge in [-0.1, -0.05) is 28.1 Å². The summed E-state index contributed by atoms with van der Waals surface area (Å²) >= 11 is 3.12. The Morgan fingerprint density at radius 1 is 1.04 bits per heavy atom. The number of rotatable bonds is 7. The second-order valence-electron chi connectivity index (χ2n) is 6.27. The van der Waals surface area contributed by atoms with Crippen LogP contribution in [0.2, 0.25) is 0 Å². The van der Waals surface area contributed by atoms with Crippen molar-refractivity contribution in [3.63, 3.8) is 0 Å². The van der Waals surface area contributed by atoms with Crippen molar-refractivity contribution in [3.8, 4) is 0 Å². The second kappa shape index (κ2) is 8.97. The summed E-state index contributed by atoms with van der Waals surface area (Å²) in [4.78, 5) is 14.1. The summed E-state index contributed by atoms with van der Waals surface area (Å²) in [5.41, 5.74) is 2.01. The van der Waals surface area contributed by atoms with Gasteiger partial charge in [-0.3, -0.25) is 14.4 Å². The van der Waals surface area contributed by atoms with E-state index in [-0.39, 0.29) is 16.0 Å². The van der Waals surface area contributed by atoms with Crippen molar-refractivity contribution in [2.75, 3.05) is 36.4 Å². The lowest BCUT2D eigenvalue weighted by molar-refractivity contribution is 0.0342. The van der Waals surface area contributed by atoms with E-state index in [1.54, 1.807) is 36.4 Å². The van der Waals surface area contributed by atoms with Crippen LogP contribution in [-0.2, 0) is 21.3 Å². The van der Waals surface area contributed by atoms with Crippen molar-refractivity contribution in [2.24, 2.45) is 0 Å². The van der Waals surface area contributed by atoms with E-state index in [0.717, 1.165) is 38.4 Å². The molecule has 0 aromatic heterocycles. The van der Waals surface area contributed by atoms with E-state index < -0.39 is 10.0 Å². The summed E-state index contributed by atoms with van der Waals surface area (Å²) in [7, 11) is -3.68. The van der Waals surface area contributed by atoms with Crippen LogP contribution in [0.5, 0.6) is 0 Å². The Kier molecular flexibility index (Phi) is 6.64. The number of ether oxygens (including phenoxy) is 1. The van der Waals surface area contributed by atoms with Gasteiger partial charge in [0.05, 0.1) is 23.4 Å². The predicted molar refractivity (Wildman–Crippen MR) is 108 cm³/mol. The van der Waals surface area contributed by atoms with Gasteiger partial charge in [-0.2, -0.15) is 0 Å². The summed E-state index contributed by atoms with van der Waals surface area (Å²) in [5, 5.41) is 0.231. The molecule has 0 amide bonds. The summed E-state index contributed by atoms with van der Waals surface area (Å²) < 4.78 is 33.0. The number of nitrogens with zero attached hydrogens (tertiary/aromatic N) is 1.